The molecule has 1 aliphatic heterocycles. The highest BCUT2D eigenvalue weighted by molar-refractivity contribution is 5.01. The summed E-state index contributed by atoms with van der Waals surface area (Å²) < 4.78 is 130. The zero-order valence-electron chi connectivity index (χ0n) is 11.2. The van der Waals surface area contributed by atoms with Crippen molar-refractivity contribution in [1.82, 2.24) is 9.80 Å². The van der Waals surface area contributed by atoms with Gasteiger partial charge in [0.2, 0.25) is 0 Å². The van der Waals surface area contributed by atoms with Gasteiger partial charge >= 0.3 is 18.7 Å². The minimum atomic E-state index is -5.26. The first-order valence-corrected chi connectivity index (χ1v) is 5.82. The lowest BCUT2D eigenvalue weighted by atomic mass is 10.2. The summed E-state index contributed by atoms with van der Waals surface area (Å²) in [5.41, 5.74) is 0. The van der Waals surface area contributed by atoms with Crippen molar-refractivity contribution in [2.75, 3.05) is 20.1 Å². The van der Waals surface area contributed by atoms with Gasteiger partial charge in [0.1, 0.15) is 12.2 Å². The molecule has 0 amide bonds. The van der Waals surface area contributed by atoms with Crippen molar-refractivity contribution >= 4 is 0 Å². The van der Waals surface area contributed by atoms with E-state index >= 15 is 0 Å². The van der Waals surface area contributed by atoms with E-state index in [0.717, 1.165) is 0 Å². The monoisotopic (exact) mass is 364 g/mol. The third-order valence-corrected chi connectivity index (χ3v) is 2.98. The van der Waals surface area contributed by atoms with E-state index in [-0.39, 0.29) is 11.9 Å². The summed E-state index contributed by atoms with van der Waals surface area (Å²) >= 11 is 0. The average molecular weight is 364 g/mol. The third-order valence-electron chi connectivity index (χ3n) is 2.98. The van der Waals surface area contributed by atoms with Crippen LogP contribution in [0.3, 0.4) is 0 Å². The van der Waals surface area contributed by atoms with Gasteiger partial charge in [-0.3, -0.25) is 4.90 Å². The van der Waals surface area contributed by atoms with E-state index in [0.29, 0.717) is 0 Å². The minimum Gasteiger partial charge on any atom is -0.352 e. The van der Waals surface area contributed by atoms with Crippen molar-refractivity contribution in [2.45, 2.75) is 30.9 Å². The van der Waals surface area contributed by atoms with Gasteiger partial charge in [0, 0.05) is 7.05 Å². The molecule has 1 heterocycles. The fourth-order valence-corrected chi connectivity index (χ4v) is 1.79. The van der Waals surface area contributed by atoms with Gasteiger partial charge < -0.3 is 9.64 Å². The van der Waals surface area contributed by atoms with Crippen LogP contribution in [0.5, 0.6) is 0 Å². The Labute approximate surface area is 123 Å². The Hall–Kier alpha value is -1.40. The number of nitrogens with zero attached hydrogens (tertiary/aromatic N) is 2. The summed E-state index contributed by atoms with van der Waals surface area (Å²) in [5, 5.41) is 0. The molecule has 136 valence electrons. The quantitative estimate of drug-likeness (QED) is 0.552. The SMILES string of the molecule is CN(/C(=C/F)N1CC(C(F)(F)F)OC(C(F)(F)F)C1)C(F)(F)F. The van der Waals surface area contributed by atoms with E-state index in [2.05, 4.69) is 4.74 Å². The van der Waals surface area contributed by atoms with Crippen molar-refractivity contribution in [3.63, 3.8) is 0 Å². The molecule has 0 aromatic carbocycles. The van der Waals surface area contributed by atoms with Crippen molar-refractivity contribution in [3.05, 3.63) is 12.2 Å². The van der Waals surface area contributed by atoms with Crippen LogP contribution >= 0.6 is 0 Å². The number of halogens is 10. The second-order valence-corrected chi connectivity index (χ2v) is 4.60. The Balaban J connectivity index is 3.13. The van der Waals surface area contributed by atoms with Gasteiger partial charge in [0.15, 0.2) is 12.2 Å². The van der Waals surface area contributed by atoms with Crippen LogP contribution in [-0.2, 0) is 4.74 Å². The Kier molecular flexibility index (Phi) is 5.33. The summed E-state index contributed by atoms with van der Waals surface area (Å²) in [6.45, 7) is -2.82. The Morgan fingerprint density at radius 2 is 1.35 bits per heavy atom. The van der Waals surface area contributed by atoms with Crippen molar-refractivity contribution in [2.24, 2.45) is 0 Å². The molecule has 0 aliphatic carbocycles. The third kappa shape index (κ3) is 4.78. The highest BCUT2D eigenvalue weighted by atomic mass is 19.4. The second kappa shape index (κ2) is 6.24. The lowest BCUT2D eigenvalue weighted by molar-refractivity contribution is -0.308. The van der Waals surface area contributed by atoms with E-state index in [1.165, 1.54) is 0 Å². The van der Waals surface area contributed by atoms with Gasteiger partial charge in [0.05, 0.1) is 13.1 Å². The molecule has 0 N–H and O–H groups in total. The molecular formula is C10H10F10N2O. The van der Waals surface area contributed by atoms with Gasteiger partial charge in [0.25, 0.3) is 0 Å². The fraction of sp³-hybridized carbons (Fsp3) is 0.800. The van der Waals surface area contributed by atoms with Crippen LogP contribution in [0, 0.1) is 0 Å². The van der Waals surface area contributed by atoms with E-state index in [1.807, 2.05) is 0 Å². The number of ether oxygens (including phenoxy) is 1. The van der Waals surface area contributed by atoms with Crippen molar-refractivity contribution in [3.8, 4) is 0 Å². The molecular weight excluding hydrogens is 354 g/mol. The maximum atomic E-state index is 12.7. The first kappa shape index (κ1) is 19.6. The number of hydrogen-bond donors (Lipinski definition) is 0. The topological polar surface area (TPSA) is 15.7 Å². The second-order valence-electron chi connectivity index (χ2n) is 4.60. The maximum absolute atomic E-state index is 12.7. The predicted octanol–water partition coefficient (Wildman–Crippen LogP) is 3.40. The van der Waals surface area contributed by atoms with Gasteiger partial charge in [-0.15, -0.1) is 0 Å². The summed E-state index contributed by atoms with van der Waals surface area (Å²) in [5.74, 6) is -1.48. The van der Waals surface area contributed by atoms with Crippen LogP contribution in [0.25, 0.3) is 0 Å². The van der Waals surface area contributed by atoms with E-state index in [4.69, 9.17) is 0 Å². The van der Waals surface area contributed by atoms with Crippen LogP contribution < -0.4 is 0 Å². The summed E-state index contributed by atoms with van der Waals surface area (Å²) in [6.07, 6.45) is -22.5. The molecule has 1 saturated heterocycles. The van der Waals surface area contributed by atoms with Crippen molar-refractivity contribution in [1.29, 1.82) is 0 Å². The highest BCUT2D eigenvalue weighted by Crippen LogP contribution is 2.36. The van der Waals surface area contributed by atoms with Gasteiger partial charge in [-0.2, -0.15) is 39.5 Å². The molecule has 1 aliphatic rings. The Morgan fingerprint density at radius 1 is 0.957 bits per heavy atom. The molecule has 0 saturated carbocycles. The maximum Gasteiger partial charge on any atom is 0.485 e. The molecule has 0 aromatic rings. The largest absolute Gasteiger partial charge is 0.485 e. The van der Waals surface area contributed by atoms with Crippen LogP contribution in [0.15, 0.2) is 12.2 Å². The standard InChI is InChI=1S/C10H10F10N2O/c1-21(10(18,19)20)7(2-11)22-3-5(8(12,13)14)23-6(4-22)9(15,16)17/h2,5-6H,3-4H2,1H3/b7-2-. The van der Waals surface area contributed by atoms with Gasteiger partial charge in [-0.25, -0.2) is 4.39 Å². The number of hydrogen-bond acceptors (Lipinski definition) is 3. The number of rotatable bonds is 2. The van der Waals surface area contributed by atoms with E-state index < -0.39 is 61.0 Å². The lowest BCUT2D eigenvalue weighted by Crippen LogP contribution is -2.58. The molecule has 13 heteroatoms. The van der Waals surface area contributed by atoms with Crippen LogP contribution in [0.1, 0.15) is 0 Å². The zero-order valence-corrected chi connectivity index (χ0v) is 11.2. The van der Waals surface area contributed by atoms with Gasteiger partial charge in [-0.1, -0.05) is 0 Å². The summed E-state index contributed by atoms with van der Waals surface area (Å²) in [6, 6.07) is 0. The van der Waals surface area contributed by atoms with E-state index in [9.17, 15) is 43.9 Å². The fourth-order valence-electron chi connectivity index (χ4n) is 1.79. The normalized spacial score (nSPS) is 24.8. The molecule has 3 nitrogen and oxygen atoms in total. The molecule has 23 heavy (non-hydrogen) atoms. The summed E-state index contributed by atoms with van der Waals surface area (Å²) in [7, 11) is 0.270. The smallest absolute Gasteiger partial charge is 0.352 e. The molecule has 1 fully saturated rings. The van der Waals surface area contributed by atoms with Crippen LogP contribution in [-0.4, -0.2) is 60.8 Å². The first-order chi connectivity index (χ1) is 10.2. The average Bonchev–Trinajstić information content (AvgIpc) is 2.36. The first-order valence-electron chi connectivity index (χ1n) is 5.82. The minimum absolute atomic E-state index is 0.00664. The molecule has 2 atom stereocenters. The Bertz CT molecular complexity index is 418. The number of alkyl halides is 9. The molecule has 0 aromatic heterocycles. The predicted molar refractivity (Wildman–Crippen MR) is 55.4 cm³/mol. The molecule has 0 spiro atoms. The molecule has 1 rings (SSSR count). The molecule has 0 bridgehead atoms. The van der Waals surface area contributed by atoms with Crippen molar-refractivity contribution < 1.29 is 48.6 Å². The lowest BCUT2D eigenvalue weighted by Gasteiger charge is -2.42. The number of morpholine rings is 1. The zero-order chi connectivity index (χ0) is 18.2. The molecule has 0 radical (unpaired) electrons. The highest BCUT2D eigenvalue weighted by Gasteiger charge is 2.54. The van der Waals surface area contributed by atoms with Crippen LogP contribution in [0.2, 0.25) is 0 Å². The van der Waals surface area contributed by atoms with Crippen LogP contribution in [0.4, 0.5) is 43.9 Å². The van der Waals surface area contributed by atoms with E-state index in [1.54, 1.807) is 0 Å². The summed E-state index contributed by atoms with van der Waals surface area (Å²) in [4.78, 5) is -0.730. The van der Waals surface area contributed by atoms with Gasteiger partial charge in [-0.05, 0) is 0 Å². The Morgan fingerprint density at radius 3 is 1.61 bits per heavy atom. The molecule has 2 unspecified atom stereocenters.